The van der Waals surface area contributed by atoms with Crippen LogP contribution in [-0.4, -0.2) is 33.2 Å². The van der Waals surface area contributed by atoms with Crippen LogP contribution in [0.3, 0.4) is 0 Å². The van der Waals surface area contributed by atoms with Gasteiger partial charge in [0.25, 0.3) is 11.7 Å². The first kappa shape index (κ1) is 21.6. The molecule has 0 spiro atoms. The number of aromatic amines is 1. The fourth-order valence-corrected chi connectivity index (χ4v) is 4.47. The van der Waals surface area contributed by atoms with Gasteiger partial charge in [0.15, 0.2) is 0 Å². The molecule has 2 heterocycles. The Morgan fingerprint density at radius 2 is 1.65 bits per heavy atom. The van der Waals surface area contributed by atoms with Crippen molar-refractivity contribution in [2.24, 2.45) is 0 Å². The number of nitrogens with zero attached hydrogens (tertiary/aromatic N) is 1. The Balaban J connectivity index is 1.58. The van der Waals surface area contributed by atoms with Gasteiger partial charge in [-0.3, -0.25) is 9.59 Å². The number of hydrogen-bond acceptors (Lipinski definition) is 3. The second kappa shape index (κ2) is 8.59. The topological polar surface area (TPSA) is 73.4 Å². The van der Waals surface area contributed by atoms with Crippen LogP contribution < -0.4 is 0 Å². The van der Waals surface area contributed by atoms with Gasteiger partial charge in [-0.2, -0.15) is 0 Å². The number of benzene rings is 3. The molecule has 2 N–H and O–H groups in total. The summed E-state index contributed by atoms with van der Waals surface area (Å²) in [7, 11) is 0. The number of halogens is 2. The zero-order valence-electron chi connectivity index (χ0n) is 18.0. The van der Waals surface area contributed by atoms with E-state index in [-0.39, 0.29) is 23.2 Å². The van der Waals surface area contributed by atoms with Crippen molar-refractivity contribution in [3.63, 3.8) is 0 Å². The molecule has 1 amide bonds. The van der Waals surface area contributed by atoms with Crippen LogP contribution in [0, 0.1) is 11.6 Å². The van der Waals surface area contributed by atoms with Crippen LogP contribution in [0.2, 0.25) is 0 Å². The molecule has 1 fully saturated rings. The zero-order chi connectivity index (χ0) is 23.8. The number of carbonyl (C=O) groups is 2. The summed E-state index contributed by atoms with van der Waals surface area (Å²) in [5.74, 6) is -3.31. The molecule has 1 saturated heterocycles. The lowest BCUT2D eigenvalue weighted by Crippen LogP contribution is -2.32. The summed E-state index contributed by atoms with van der Waals surface area (Å²) < 4.78 is 28.3. The normalized spacial score (nSPS) is 17.6. The third-order valence-electron chi connectivity index (χ3n) is 6.15. The second-order valence-electron chi connectivity index (χ2n) is 8.13. The van der Waals surface area contributed by atoms with Crippen molar-refractivity contribution < 1.29 is 23.5 Å². The third kappa shape index (κ3) is 3.65. The highest BCUT2D eigenvalue weighted by Crippen LogP contribution is 2.40. The van der Waals surface area contributed by atoms with Gasteiger partial charge in [0, 0.05) is 34.8 Å². The van der Waals surface area contributed by atoms with Gasteiger partial charge >= 0.3 is 0 Å². The highest BCUT2D eigenvalue weighted by molar-refractivity contribution is 6.46. The van der Waals surface area contributed by atoms with Gasteiger partial charge in [0.1, 0.15) is 17.4 Å². The SMILES string of the molecule is O=C1C(=O)N(CCc2c[nH]c3ccccc23)C(c2ccccc2F)/C1=C(/O)c1ccc(F)cc1. The first-order valence-electron chi connectivity index (χ1n) is 10.8. The molecular weight excluding hydrogens is 438 g/mol. The van der Waals surface area contributed by atoms with E-state index in [1.165, 1.54) is 35.2 Å². The van der Waals surface area contributed by atoms with Gasteiger partial charge in [0.2, 0.25) is 0 Å². The van der Waals surface area contributed by atoms with E-state index in [0.29, 0.717) is 6.42 Å². The summed E-state index contributed by atoms with van der Waals surface area (Å²) in [5.41, 5.74) is 1.94. The van der Waals surface area contributed by atoms with Crippen LogP contribution in [0.4, 0.5) is 8.78 Å². The Kier molecular flexibility index (Phi) is 5.45. The van der Waals surface area contributed by atoms with Crippen LogP contribution in [-0.2, 0) is 16.0 Å². The van der Waals surface area contributed by atoms with Crippen molar-refractivity contribution in [1.82, 2.24) is 9.88 Å². The maximum absolute atomic E-state index is 14.9. The Bertz CT molecular complexity index is 1440. The molecule has 34 heavy (non-hydrogen) atoms. The number of aliphatic hydroxyl groups excluding tert-OH is 1. The average molecular weight is 458 g/mol. The number of H-pyrrole nitrogens is 1. The van der Waals surface area contributed by atoms with Crippen LogP contribution in [0.25, 0.3) is 16.7 Å². The molecule has 0 radical (unpaired) electrons. The number of nitrogens with one attached hydrogen (secondary N) is 1. The van der Waals surface area contributed by atoms with Crippen molar-refractivity contribution in [3.8, 4) is 0 Å². The van der Waals surface area contributed by atoms with E-state index in [1.54, 1.807) is 6.07 Å². The Morgan fingerprint density at radius 3 is 2.41 bits per heavy atom. The van der Waals surface area contributed by atoms with Gasteiger partial charge in [-0.15, -0.1) is 0 Å². The van der Waals surface area contributed by atoms with E-state index >= 15 is 0 Å². The van der Waals surface area contributed by atoms with E-state index in [4.69, 9.17) is 0 Å². The number of aliphatic hydroxyl groups is 1. The number of Topliss-reactive ketones (excluding diaryl/α,β-unsaturated/α-hetero) is 1. The molecule has 5 rings (SSSR count). The van der Waals surface area contributed by atoms with Gasteiger partial charge in [-0.05, 0) is 48.4 Å². The predicted octanol–water partition coefficient (Wildman–Crippen LogP) is 5.11. The van der Waals surface area contributed by atoms with Crippen molar-refractivity contribution in [2.75, 3.05) is 6.54 Å². The minimum atomic E-state index is -1.11. The molecular formula is C27H20F2N2O3. The van der Waals surface area contributed by atoms with Crippen LogP contribution >= 0.6 is 0 Å². The molecule has 0 saturated carbocycles. The minimum absolute atomic E-state index is 0.101. The van der Waals surface area contributed by atoms with E-state index in [2.05, 4.69) is 4.98 Å². The van der Waals surface area contributed by atoms with E-state index < -0.39 is 35.1 Å². The molecule has 1 atom stereocenters. The predicted molar refractivity (Wildman–Crippen MR) is 124 cm³/mol. The van der Waals surface area contributed by atoms with Crippen LogP contribution in [0.5, 0.6) is 0 Å². The van der Waals surface area contributed by atoms with E-state index in [0.717, 1.165) is 28.6 Å². The molecule has 0 aliphatic carbocycles. The molecule has 1 unspecified atom stereocenters. The molecule has 1 aromatic heterocycles. The summed E-state index contributed by atoms with van der Waals surface area (Å²) in [6, 6.07) is 17.3. The van der Waals surface area contributed by atoms with Gasteiger partial charge < -0.3 is 15.0 Å². The number of rotatable bonds is 5. The number of ketones is 1. The lowest BCUT2D eigenvalue weighted by molar-refractivity contribution is -0.139. The molecule has 4 aromatic rings. The van der Waals surface area contributed by atoms with E-state index in [1.807, 2.05) is 30.5 Å². The number of hydrogen-bond donors (Lipinski definition) is 2. The van der Waals surface area contributed by atoms with Crippen molar-refractivity contribution in [1.29, 1.82) is 0 Å². The number of likely N-dealkylation sites (tertiary alicyclic amines) is 1. The fraction of sp³-hybridized carbons (Fsp3) is 0.111. The Hall–Kier alpha value is -4.26. The molecule has 1 aliphatic heterocycles. The van der Waals surface area contributed by atoms with Gasteiger partial charge in [-0.1, -0.05) is 36.4 Å². The fourth-order valence-electron chi connectivity index (χ4n) is 4.47. The number of carbonyl (C=O) groups excluding carboxylic acids is 2. The quantitative estimate of drug-likeness (QED) is 0.248. The first-order valence-corrected chi connectivity index (χ1v) is 10.8. The smallest absolute Gasteiger partial charge is 0.295 e. The number of aromatic nitrogens is 1. The second-order valence-corrected chi connectivity index (χ2v) is 8.13. The Labute approximate surface area is 194 Å². The lowest BCUT2D eigenvalue weighted by atomic mass is 9.94. The molecule has 3 aromatic carbocycles. The maximum Gasteiger partial charge on any atom is 0.295 e. The van der Waals surface area contributed by atoms with Crippen LogP contribution in [0.1, 0.15) is 22.7 Å². The monoisotopic (exact) mass is 458 g/mol. The summed E-state index contributed by atoms with van der Waals surface area (Å²) in [6.07, 6.45) is 2.26. The zero-order valence-corrected chi connectivity index (χ0v) is 18.0. The summed E-state index contributed by atoms with van der Waals surface area (Å²) in [4.78, 5) is 30.6. The minimum Gasteiger partial charge on any atom is -0.507 e. The number of fused-ring (bicyclic) bond motifs is 1. The number of amides is 1. The number of para-hydroxylation sites is 1. The third-order valence-corrected chi connectivity index (χ3v) is 6.15. The summed E-state index contributed by atoms with van der Waals surface area (Å²) in [5, 5.41) is 12.0. The molecule has 0 bridgehead atoms. The average Bonchev–Trinajstić information content (AvgIpc) is 3.37. The van der Waals surface area contributed by atoms with Crippen molar-refractivity contribution in [2.45, 2.75) is 12.5 Å². The summed E-state index contributed by atoms with van der Waals surface area (Å²) >= 11 is 0. The molecule has 1 aliphatic rings. The molecule has 170 valence electrons. The van der Waals surface area contributed by atoms with Crippen molar-refractivity contribution in [3.05, 3.63) is 113 Å². The summed E-state index contributed by atoms with van der Waals surface area (Å²) in [6.45, 7) is 0.131. The highest BCUT2D eigenvalue weighted by Gasteiger charge is 2.46. The first-order chi connectivity index (χ1) is 16.5. The van der Waals surface area contributed by atoms with Crippen LogP contribution in [0.15, 0.2) is 84.6 Å². The standard InChI is InChI=1S/C27H20F2N2O3/c28-18-11-9-16(10-12-18)25(32)23-24(20-6-1-3-7-21(20)29)31(27(34)26(23)33)14-13-17-15-30-22-8-4-2-5-19(17)22/h1-12,15,24,30,32H,13-14H2/b25-23-. The maximum atomic E-state index is 14.9. The molecule has 7 heteroatoms. The Morgan fingerprint density at radius 1 is 0.941 bits per heavy atom. The molecule has 5 nitrogen and oxygen atoms in total. The van der Waals surface area contributed by atoms with E-state index in [9.17, 15) is 23.5 Å². The van der Waals surface area contributed by atoms with Crippen molar-refractivity contribution >= 4 is 28.4 Å². The lowest BCUT2D eigenvalue weighted by Gasteiger charge is -2.25. The highest BCUT2D eigenvalue weighted by atomic mass is 19.1. The largest absolute Gasteiger partial charge is 0.507 e. The van der Waals surface area contributed by atoms with Gasteiger partial charge in [-0.25, -0.2) is 8.78 Å². The van der Waals surface area contributed by atoms with Gasteiger partial charge in [0.05, 0.1) is 11.6 Å².